The maximum absolute atomic E-state index is 8.65. The maximum atomic E-state index is 8.65. The molecule has 15 heavy (non-hydrogen) atoms. The molecule has 3 nitrogen and oxygen atoms in total. The molecule has 0 aliphatic heterocycles. The highest BCUT2D eigenvalue weighted by Crippen LogP contribution is 2.22. The number of hydrogen-bond donors (Lipinski definition) is 1. The molecule has 0 spiro atoms. The Morgan fingerprint density at radius 2 is 2.33 bits per heavy atom. The van der Waals surface area contributed by atoms with Crippen LogP contribution in [0.3, 0.4) is 0 Å². The van der Waals surface area contributed by atoms with Crippen LogP contribution < -0.4 is 0 Å². The van der Waals surface area contributed by atoms with Crippen LogP contribution in [0.5, 0.6) is 0 Å². The largest absolute Gasteiger partial charge is 0.436 e. The minimum Gasteiger partial charge on any atom is -0.436 e. The molecule has 0 aromatic carbocycles. The number of aliphatic hydroxyl groups excluding tert-OH is 1. The molecule has 0 saturated heterocycles. The molecule has 1 rings (SSSR count). The molecule has 1 aromatic heterocycles. The van der Waals surface area contributed by atoms with Gasteiger partial charge in [-0.05, 0) is 19.4 Å². The highest BCUT2D eigenvalue weighted by Gasteiger charge is 2.06. The summed E-state index contributed by atoms with van der Waals surface area (Å²) in [5.41, 5.74) is 0.808. The van der Waals surface area contributed by atoms with Crippen molar-refractivity contribution < 1.29 is 9.52 Å². The summed E-state index contributed by atoms with van der Waals surface area (Å²) in [5.74, 6) is 1.85. The average molecular weight is 227 g/mol. The van der Waals surface area contributed by atoms with E-state index in [2.05, 4.69) is 11.9 Å². The summed E-state index contributed by atoms with van der Waals surface area (Å²) in [4.78, 5) is 4.32. The molecular weight excluding hydrogens is 210 g/mol. The van der Waals surface area contributed by atoms with Crippen molar-refractivity contribution in [3.05, 3.63) is 17.5 Å². The molecule has 0 radical (unpaired) electrons. The molecular formula is C11H17NO2S. The van der Waals surface area contributed by atoms with Crippen LogP contribution in [-0.2, 0) is 0 Å². The van der Waals surface area contributed by atoms with Gasteiger partial charge in [-0.3, -0.25) is 0 Å². The lowest BCUT2D eigenvalue weighted by Crippen LogP contribution is -1.79. The summed E-state index contributed by atoms with van der Waals surface area (Å²) < 4.78 is 5.48. The van der Waals surface area contributed by atoms with E-state index in [0.717, 1.165) is 22.4 Å². The number of aromatic nitrogens is 1. The standard InChI is InChI=1S/C11H17NO2S/c1-3-4-8-15-11-12-10(6-5-7-13)9(2)14-11/h5-6,13H,3-4,7-8H2,1-2H3/b6-5+. The summed E-state index contributed by atoms with van der Waals surface area (Å²) in [7, 11) is 0. The average Bonchev–Trinajstić information content (AvgIpc) is 2.57. The van der Waals surface area contributed by atoms with Gasteiger partial charge in [-0.25, -0.2) is 4.98 Å². The number of rotatable bonds is 6. The minimum atomic E-state index is 0.0324. The summed E-state index contributed by atoms with van der Waals surface area (Å²) in [5, 5.41) is 9.37. The Morgan fingerprint density at radius 3 is 3.00 bits per heavy atom. The molecule has 0 aliphatic carbocycles. The van der Waals surface area contributed by atoms with E-state index < -0.39 is 0 Å². The zero-order valence-electron chi connectivity index (χ0n) is 9.19. The van der Waals surface area contributed by atoms with Gasteiger partial charge in [0, 0.05) is 5.75 Å². The van der Waals surface area contributed by atoms with E-state index in [-0.39, 0.29) is 6.61 Å². The van der Waals surface area contributed by atoms with Crippen LogP contribution >= 0.6 is 11.8 Å². The van der Waals surface area contributed by atoms with E-state index in [0.29, 0.717) is 0 Å². The second kappa shape index (κ2) is 6.69. The highest BCUT2D eigenvalue weighted by molar-refractivity contribution is 7.99. The van der Waals surface area contributed by atoms with Crippen LogP contribution in [0.1, 0.15) is 31.2 Å². The first kappa shape index (κ1) is 12.3. The lowest BCUT2D eigenvalue weighted by Gasteiger charge is -1.92. The molecule has 4 heteroatoms. The first-order valence-electron chi connectivity index (χ1n) is 5.15. The fourth-order valence-electron chi connectivity index (χ4n) is 1.07. The third-order valence-corrected chi connectivity index (χ3v) is 2.83. The van der Waals surface area contributed by atoms with E-state index in [1.807, 2.05) is 6.92 Å². The zero-order chi connectivity index (χ0) is 11.1. The van der Waals surface area contributed by atoms with Gasteiger partial charge in [0.25, 0.3) is 5.22 Å². The number of nitrogens with zero attached hydrogens (tertiary/aromatic N) is 1. The number of aryl methyl sites for hydroxylation is 1. The Bertz CT molecular complexity index is 320. The molecule has 0 saturated carbocycles. The van der Waals surface area contributed by atoms with Gasteiger partial charge in [0.1, 0.15) is 11.5 Å². The van der Waals surface area contributed by atoms with Crippen LogP contribution in [0.4, 0.5) is 0 Å². The number of hydrogen-bond acceptors (Lipinski definition) is 4. The fourth-order valence-corrected chi connectivity index (χ4v) is 2.02. The Hall–Kier alpha value is -0.740. The van der Waals surface area contributed by atoms with Crippen molar-refractivity contribution in [1.29, 1.82) is 0 Å². The Morgan fingerprint density at radius 1 is 1.53 bits per heavy atom. The topological polar surface area (TPSA) is 46.3 Å². The predicted molar refractivity (Wildman–Crippen MR) is 63.0 cm³/mol. The van der Waals surface area contributed by atoms with Gasteiger partial charge in [0.2, 0.25) is 0 Å². The third kappa shape index (κ3) is 4.10. The van der Waals surface area contributed by atoms with Gasteiger partial charge < -0.3 is 9.52 Å². The van der Waals surface area contributed by atoms with E-state index in [1.54, 1.807) is 23.9 Å². The second-order valence-electron chi connectivity index (χ2n) is 3.21. The van der Waals surface area contributed by atoms with Crippen molar-refractivity contribution in [3.8, 4) is 0 Å². The zero-order valence-corrected chi connectivity index (χ0v) is 10.0. The summed E-state index contributed by atoms with van der Waals surface area (Å²) in [6, 6.07) is 0. The molecule has 1 aromatic rings. The van der Waals surface area contributed by atoms with Gasteiger partial charge >= 0.3 is 0 Å². The molecule has 0 unspecified atom stereocenters. The van der Waals surface area contributed by atoms with Crippen LogP contribution in [0.25, 0.3) is 6.08 Å². The van der Waals surface area contributed by atoms with Crippen molar-refractivity contribution in [1.82, 2.24) is 4.98 Å². The Labute approximate surface area is 94.6 Å². The fraction of sp³-hybridized carbons (Fsp3) is 0.545. The predicted octanol–water partition coefficient (Wildman–Crippen LogP) is 2.88. The van der Waals surface area contributed by atoms with Gasteiger partial charge in [-0.15, -0.1) is 0 Å². The van der Waals surface area contributed by atoms with Crippen LogP contribution in [-0.4, -0.2) is 22.5 Å². The van der Waals surface area contributed by atoms with E-state index in [1.165, 1.54) is 12.8 Å². The molecule has 84 valence electrons. The van der Waals surface area contributed by atoms with E-state index >= 15 is 0 Å². The lowest BCUT2D eigenvalue weighted by molar-refractivity contribution is 0.343. The van der Waals surface area contributed by atoms with Crippen molar-refractivity contribution in [2.24, 2.45) is 0 Å². The molecule has 0 aliphatic rings. The lowest BCUT2D eigenvalue weighted by atomic mass is 10.3. The van der Waals surface area contributed by atoms with Crippen LogP contribution in [0.15, 0.2) is 15.7 Å². The second-order valence-corrected chi connectivity index (χ2v) is 4.25. The van der Waals surface area contributed by atoms with Crippen LogP contribution in [0, 0.1) is 6.92 Å². The van der Waals surface area contributed by atoms with Crippen molar-refractivity contribution in [3.63, 3.8) is 0 Å². The van der Waals surface area contributed by atoms with E-state index in [9.17, 15) is 0 Å². The third-order valence-electron chi connectivity index (χ3n) is 1.92. The SMILES string of the molecule is CCCCSc1nc(/C=C/CO)c(C)o1. The van der Waals surface area contributed by atoms with Crippen molar-refractivity contribution in [2.75, 3.05) is 12.4 Å². The van der Waals surface area contributed by atoms with Crippen LogP contribution in [0.2, 0.25) is 0 Å². The molecule has 0 atom stereocenters. The monoisotopic (exact) mass is 227 g/mol. The van der Waals surface area contributed by atoms with Crippen molar-refractivity contribution in [2.45, 2.75) is 31.9 Å². The quantitative estimate of drug-likeness (QED) is 0.599. The molecule has 1 N–H and O–H groups in total. The normalized spacial score (nSPS) is 11.4. The maximum Gasteiger partial charge on any atom is 0.256 e. The number of thioether (sulfide) groups is 1. The summed E-state index contributed by atoms with van der Waals surface area (Å²) >= 11 is 1.64. The Kier molecular flexibility index (Phi) is 5.50. The number of unbranched alkanes of at least 4 members (excludes halogenated alkanes) is 1. The van der Waals surface area contributed by atoms with Crippen molar-refractivity contribution >= 4 is 17.8 Å². The molecule has 0 amide bonds. The summed E-state index contributed by atoms with van der Waals surface area (Å²) in [6.45, 7) is 4.08. The number of aliphatic hydroxyl groups is 1. The van der Waals surface area contributed by atoms with E-state index in [4.69, 9.17) is 9.52 Å². The minimum absolute atomic E-state index is 0.0324. The van der Waals surface area contributed by atoms with Gasteiger partial charge in [-0.2, -0.15) is 0 Å². The summed E-state index contributed by atoms with van der Waals surface area (Å²) in [6.07, 6.45) is 5.80. The molecule has 0 fully saturated rings. The first-order chi connectivity index (χ1) is 7.27. The Balaban J connectivity index is 2.56. The van der Waals surface area contributed by atoms with Gasteiger partial charge in [0.05, 0.1) is 6.61 Å². The highest BCUT2D eigenvalue weighted by atomic mass is 32.2. The van der Waals surface area contributed by atoms with Gasteiger partial charge in [0.15, 0.2) is 0 Å². The smallest absolute Gasteiger partial charge is 0.256 e. The van der Waals surface area contributed by atoms with Gasteiger partial charge in [-0.1, -0.05) is 31.2 Å². The number of oxazole rings is 1. The molecule has 1 heterocycles. The first-order valence-corrected chi connectivity index (χ1v) is 6.14. The molecule has 0 bridgehead atoms.